The van der Waals surface area contributed by atoms with Gasteiger partial charge in [-0.05, 0) is 36.2 Å². The molecule has 0 spiro atoms. The molecule has 4 nitrogen and oxygen atoms in total. The van der Waals surface area contributed by atoms with Gasteiger partial charge in [0.15, 0.2) is 0 Å². The van der Waals surface area contributed by atoms with Crippen LogP contribution in [0, 0.1) is 11.6 Å². The maximum Gasteiger partial charge on any atom is 0.148 e. The number of nitrogens with zero attached hydrogens (tertiary/aromatic N) is 2. The van der Waals surface area contributed by atoms with Gasteiger partial charge >= 0.3 is 0 Å². The summed E-state index contributed by atoms with van der Waals surface area (Å²) in [5.41, 5.74) is 5.98. The molecule has 0 saturated carbocycles. The van der Waals surface area contributed by atoms with E-state index in [0.29, 0.717) is 30.2 Å². The number of nitrogens with two attached hydrogens (primary N) is 1. The molecule has 1 aromatic carbocycles. The predicted octanol–water partition coefficient (Wildman–Crippen LogP) is 1.99. The summed E-state index contributed by atoms with van der Waals surface area (Å²) in [4.78, 5) is 0. The third kappa shape index (κ3) is 3.38. The zero-order chi connectivity index (χ0) is 13.0. The number of aromatic nitrogens is 2. The van der Waals surface area contributed by atoms with E-state index < -0.39 is 11.6 Å². The van der Waals surface area contributed by atoms with Gasteiger partial charge in [0, 0.05) is 12.6 Å². The fourth-order valence-electron chi connectivity index (χ4n) is 1.53. The predicted molar refractivity (Wildman–Crippen MR) is 65.0 cm³/mol. The Morgan fingerprint density at radius 3 is 2.39 bits per heavy atom. The van der Waals surface area contributed by atoms with Gasteiger partial charge in [-0.2, -0.15) is 0 Å². The van der Waals surface area contributed by atoms with Crippen LogP contribution in [0.25, 0.3) is 0 Å². The molecule has 0 aliphatic heterocycles. The Morgan fingerprint density at radius 2 is 1.78 bits per heavy atom. The Hall–Kier alpha value is -2.24. The van der Waals surface area contributed by atoms with E-state index in [0.717, 1.165) is 6.07 Å². The van der Waals surface area contributed by atoms with Gasteiger partial charge in [0.25, 0.3) is 0 Å². The standard InChI is InChI=1S/C12H12F2N4/c13-9-5-8(6-10(14)7-9)3-4-16-12-2-1-11(15)17-18-12/h1-2,5-7H,3-4H2,(H2,15,17)(H,16,18). The third-order valence-electron chi connectivity index (χ3n) is 2.33. The summed E-state index contributed by atoms with van der Waals surface area (Å²) in [5, 5.41) is 10.5. The maximum atomic E-state index is 12.9. The van der Waals surface area contributed by atoms with Crippen LogP contribution in [0.2, 0.25) is 0 Å². The molecular formula is C12H12F2N4. The molecule has 2 rings (SSSR count). The monoisotopic (exact) mass is 250 g/mol. The summed E-state index contributed by atoms with van der Waals surface area (Å²) >= 11 is 0. The van der Waals surface area contributed by atoms with Gasteiger partial charge in [-0.25, -0.2) is 8.78 Å². The van der Waals surface area contributed by atoms with Crippen LogP contribution < -0.4 is 11.1 Å². The number of halogens is 2. The second-order valence-corrected chi connectivity index (χ2v) is 3.80. The molecule has 94 valence electrons. The molecule has 1 aromatic heterocycles. The van der Waals surface area contributed by atoms with Gasteiger partial charge in [-0.15, -0.1) is 10.2 Å². The quantitative estimate of drug-likeness (QED) is 0.871. The Morgan fingerprint density at radius 1 is 1.06 bits per heavy atom. The van der Waals surface area contributed by atoms with Gasteiger partial charge in [0.2, 0.25) is 0 Å². The van der Waals surface area contributed by atoms with Crippen molar-refractivity contribution in [2.24, 2.45) is 0 Å². The van der Waals surface area contributed by atoms with Gasteiger partial charge in [0.1, 0.15) is 23.3 Å². The van der Waals surface area contributed by atoms with Crippen LogP contribution >= 0.6 is 0 Å². The molecule has 3 N–H and O–H groups in total. The average molecular weight is 250 g/mol. The highest BCUT2D eigenvalue weighted by atomic mass is 19.1. The van der Waals surface area contributed by atoms with E-state index in [-0.39, 0.29) is 0 Å². The van der Waals surface area contributed by atoms with E-state index in [1.165, 1.54) is 12.1 Å². The van der Waals surface area contributed by atoms with E-state index in [9.17, 15) is 8.78 Å². The first-order chi connectivity index (χ1) is 8.63. The Bertz CT molecular complexity index is 508. The number of nitrogen functional groups attached to an aromatic ring is 1. The second-order valence-electron chi connectivity index (χ2n) is 3.80. The first kappa shape index (κ1) is 12.2. The molecule has 0 aliphatic rings. The molecule has 0 unspecified atom stereocenters. The first-order valence-electron chi connectivity index (χ1n) is 5.41. The second kappa shape index (κ2) is 5.39. The van der Waals surface area contributed by atoms with Crippen LogP contribution in [0.15, 0.2) is 30.3 Å². The van der Waals surface area contributed by atoms with E-state index in [2.05, 4.69) is 15.5 Å². The van der Waals surface area contributed by atoms with Crippen LogP contribution in [0.4, 0.5) is 20.4 Å². The summed E-state index contributed by atoms with van der Waals surface area (Å²) in [6.45, 7) is 0.501. The molecule has 0 saturated heterocycles. The highest BCUT2D eigenvalue weighted by molar-refractivity contribution is 5.38. The molecule has 2 aromatic rings. The summed E-state index contributed by atoms with van der Waals surface area (Å²) in [7, 11) is 0. The molecule has 0 amide bonds. The van der Waals surface area contributed by atoms with Crippen molar-refractivity contribution in [3.63, 3.8) is 0 Å². The molecule has 0 atom stereocenters. The topological polar surface area (TPSA) is 63.8 Å². The lowest BCUT2D eigenvalue weighted by Gasteiger charge is -2.05. The van der Waals surface area contributed by atoms with Crippen LogP contribution in [0.3, 0.4) is 0 Å². The van der Waals surface area contributed by atoms with E-state index >= 15 is 0 Å². The number of benzene rings is 1. The highest BCUT2D eigenvalue weighted by Crippen LogP contribution is 2.09. The number of nitrogens with one attached hydrogen (secondary N) is 1. The van der Waals surface area contributed by atoms with Crippen LogP contribution in [0.1, 0.15) is 5.56 Å². The lowest BCUT2D eigenvalue weighted by Crippen LogP contribution is -2.07. The van der Waals surface area contributed by atoms with Crippen LogP contribution in [0.5, 0.6) is 0 Å². The minimum atomic E-state index is -0.572. The molecule has 0 radical (unpaired) electrons. The first-order valence-corrected chi connectivity index (χ1v) is 5.41. The Kier molecular flexibility index (Phi) is 3.66. The molecule has 18 heavy (non-hydrogen) atoms. The average Bonchev–Trinajstić information content (AvgIpc) is 2.30. The van der Waals surface area contributed by atoms with Crippen molar-refractivity contribution in [2.45, 2.75) is 6.42 Å². The SMILES string of the molecule is Nc1ccc(NCCc2cc(F)cc(F)c2)nn1. The zero-order valence-corrected chi connectivity index (χ0v) is 9.53. The Labute approximate surface area is 103 Å². The zero-order valence-electron chi connectivity index (χ0n) is 9.53. The van der Waals surface area contributed by atoms with Crippen molar-refractivity contribution in [2.75, 3.05) is 17.6 Å². The molecule has 0 bridgehead atoms. The summed E-state index contributed by atoms with van der Waals surface area (Å²) in [6, 6.07) is 6.77. The normalized spacial score (nSPS) is 10.3. The molecule has 0 fully saturated rings. The molecule has 0 aliphatic carbocycles. The van der Waals surface area contributed by atoms with Crippen molar-refractivity contribution >= 4 is 11.6 Å². The van der Waals surface area contributed by atoms with E-state index in [1.54, 1.807) is 12.1 Å². The number of hydrogen-bond donors (Lipinski definition) is 2. The van der Waals surface area contributed by atoms with Crippen molar-refractivity contribution in [1.82, 2.24) is 10.2 Å². The van der Waals surface area contributed by atoms with E-state index in [4.69, 9.17) is 5.73 Å². The number of hydrogen-bond acceptors (Lipinski definition) is 4. The molecule has 1 heterocycles. The number of anilines is 2. The van der Waals surface area contributed by atoms with Crippen molar-refractivity contribution in [1.29, 1.82) is 0 Å². The van der Waals surface area contributed by atoms with Crippen molar-refractivity contribution in [3.05, 3.63) is 47.5 Å². The summed E-state index contributed by atoms with van der Waals surface area (Å²) in [5.74, 6) is -0.233. The largest absolute Gasteiger partial charge is 0.382 e. The molecule has 6 heteroatoms. The molecular weight excluding hydrogens is 238 g/mol. The fourth-order valence-corrected chi connectivity index (χ4v) is 1.53. The maximum absolute atomic E-state index is 12.9. The summed E-state index contributed by atoms with van der Waals surface area (Å²) < 4.78 is 25.9. The van der Waals surface area contributed by atoms with Crippen LogP contribution in [-0.2, 0) is 6.42 Å². The van der Waals surface area contributed by atoms with Gasteiger partial charge in [0.05, 0.1) is 0 Å². The Balaban J connectivity index is 1.90. The number of rotatable bonds is 4. The highest BCUT2D eigenvalue weighted by Gasteiger charge is 2.01. The van der Waals surface area contributed by atoms with Crippen molar-refractivity contribution in [3.8, 4) is 0 Å². The minimum Gasteiger partial charge on any atom is -0.382 e. The van der Waals surface area contributed by atoms with E-state index in [1.807, 2.05) is 0 Å². The smallest absolute Gasteiger partial charge is 0.148 e. The third-order valence-corrected chi connectivity index (χ3v) is 2.33. The fraction of sp³-hybridized carbons (Fsp3) is 0.167. The summed E-state index contributed by atoms with van der Waals surface area (Å²) in [6.07, 6.45) is 0.487. The van der Waals surface area contributed by atoms with Gasteiger partial charge < -0.3 is 11.1 Å². The lowest BCUT2D eigenvalue weighted by atomic mass is 10.1. The minimum absolute atomic E-state index is 0.341. The van der Waals surface area contributed by atoms with Crippen LogP contribution in [-0.4, -0.2) is 16.7 Å². The van der Waals surface area contributed by atoms with Gasteiger partial charge in [-0.3, -0.25) is 0 Å². The lowest BCUT2D eigenvalue weighted by molar-refractivity contribution is 0.580. The van der Waals surface area contributed by atoms with Gasteiger partial charge in [-0.1, -0.05) is 0 Å². The van der Waals surface area contributed by atoms with Crippen molar-refractivity contribution < 1.29 is 8.78 Å².